The number of aromatic amines is 1. The Balaban J connectivity index is 1.96. The number of hydrogen-bond donors (Lipinski definition) is 3. The van der Waals surface area contributed by atoms with E-state index in [1.165, 1.54) is 6.07 Å². The molecule has 1 atom stereocenters. The molecule has 0 aliphatic carbocycles. The minimum Gasteiger partial charge on any atom is -0.322 e. The number of carbonyl (C=O) groups is 1. The van der Waals surface area contributed by atoms with Crippen molar-refractivity contribution in [2.24, 2.45) is 0 Å². The van der Waals surface area contributed by atoms with E-state index in [2.05, 4.69) is 20.8 Å². The van der Waals surface area contributed by atoms with Crippen LogP contribution in [0.3, 0.4) is 0 Å². The summed E-state index contributed by atoms with van der Waals surface area (Å²) in [5.41, 5.74) is 2.53. The molecule has 0 aliphatic rings. The fourth-order valence-electron chi connectivity index (χ4n) is 2.19. The number of nitrogens with zero attached hydrogens (tertiary/aromatic N) is 1. The SMILES string of the molecule is Cc1n[nH]c(C)c1NC(=O)CN[C@@H](C)c1c(F)cccc1Cl. The lowest BCUT2D eigenvalue weighted by Gasteiger charge is -2.16. The molecule has 2 rings (SSSR count). The third-order valence-corrected chi connectivity index (χ3v) is 3.72. The Morgan fingerprint density at radius 2 is 2.18 bits per heavy atom. The number of aryl methyl sites for hydroxylation is 2. The molecular weight excluding hydrogens is 307 g/mol. The zero-order valence-corrected chi connectivity index (χ0v) is 13.4. The molecule has 22 heavy (non-hydrogen) atoms. The van der Waals surface area contributed by atoms with E-state index in [1.807, 2.05) is 6.92 Å². The molecule has 1 aromatic carbocycles. The monoisotopic (exact) mass is 324 g/mol. The minimum absolute atomic E-state index is 0.0376. The highest BCUT2D eigenvalue weighted by Gasteiger charge is 2.16. The summed E-state index contributed by atoms with van der Waals surface area (Å²) in [6.07, 6.45) is 0. The predicted molar refractivity (Wildman–Crippen MR) is 84.5 cm³/mol. The molecule has 0 spiro atoms. The maximum Gasteiger partial charge on any atom is 0.238 e. The fourth-order valence-corrected chi connectivity index (χ4v) is 2.52. The first-order valence-electron chi connectivity index (χ1n) is 6.89. The molecule has 1 aromatic heterocycles. The maximum absolute atomic E-state index is 13.8. The van der Waals surface area contributed by atoms with Crippen LogP contribution in [0.15, 0.2) is 18.2 Å². The Morgan fingerprint density at radius 1 is 1.45 bits per heavy atom. The van der Waals surface area contributed by atoms with Gasteiger partial charge >= 0.3 is 0 Å². The number of anilines is 1. The van der Waals surface area contributed by atoms with E-state index < -0.39 is 5.82 Å². The van der Waals surface area contributed by atoms with Crippen LogP contribution < -0.4 is 10.6 Å². The van der Waals surface area contributed by atoms with Crippen molar-refractivity contribution in [2.75, 3.05) is 11.9 Å². The summed E-state index contributed by atoms with van der Waals surface area (Å²) in [6, 6.07) is 4.13. The van der Waals surface area contributed by atoms with Crippen molar-refractivity contribution < 1.29 is 9.18 Å². The van der Waals surface area contributed by atoms with E-state index in [0.29, 0.717) is 16.3 Å². The van der Waals surface area contributed by atoms with E-state index in [9.17, 15) is 9.18 Å². The Kier molecular flexibility index (Phi) is 5.15. The summed E-state index contributed by atoms with van der Waals surface area (Å²) in [6.45, 7) is 5.42. The smallest absolute Gasteiger partial charge is 0.238 e. The van der Waals surface area contributed by atoms with Gasteiger partial charge in [-0.05, 0) is 32.9 Å². The maximum atomic E-state index is 13.8. The van der Waals surface area contributed by atoms with Gasteiger partial charge in [-0.25, -0.2) is 4.39 Å². The van der Waals surface area contributed by atoms with Crippen LogP contribution in [-0.2, 0) is 4.79 Å². The van der Waals surface area contributed by atoms with Gasteiger partial charge in [0.2, 0.25) is 5.91 Å². The highest BCUT2D eigenvalue weighted by atomic mass is 35.5. The third-order valence-electron chi connectivity index (χ3n) is 3.39. The van der Waals surface area contributed by atoms with E-state index in [0.717, 1.165) is 11.4 Å². The topological polar surface area (TPSA) is 69.8 Å². The van der Waals surface area contributed by atoms with Crippen LogP contribution in [0.4, 0.5) is 10.1 Å². The second kappa shape index (κ2) is 6.89. The first-order chi connectivity index (χ1) is 10.4. The second-order valence-electron chi connectivity index (χ2n) is 5.10. The highest BCUT2D eigenvalue weighted by Crippen LogP contribution is 2.25. The minimum atomic E-state index is -0.394. The highest BCUT2D eigenvalue weighted by molar-refractivity contribution is 6.31. The lowest BCUT2D eigenvalue weighted by molar-refractivity contribution is -0.115. The Hall–Kier alpha value is -1.92. The van der Waals surface area contributed by atoms with Crippen LogP contribution in [0, 0.1) is 19.7 Å². The standard InChI is InChI=1S/C15H18ClFN4O/c1-8(14-11(16)5-4-6-12(14)17)18-7-13(22)19-15-9(2)20-21-10(15)3/h4-6,8,18H,7H2,1-3H3,(H,19,22)(H,20,21)/t8-/m0/s1. The summed E-state index contributed by atoms with van der Waals surface area (Å²) in [5, 5.41) is 12.9. The molecular formula is C15H18ClFN4O. The van der Waals surface area contributed by atoms with E-state index in [1.54, 1.807) is 26.0 Å². The van der Waals surface area contributed by atoms with Gasteiger partial charge in [-0.15, -0.1) is 0 Å². The number of benzene rings is 1. The lowest BCUT2D eigenvalue weighted by atomic mass is 10.1. The molecule has 3 N–H and O–H groups in total. The molecule has 0 saturated carbocycles. The quantitative estimate of drug-likeness (QED) is 0.791. The van der Waals surface area contributed by atoms with Crippen molar-refractivity contribution in [3.05, 3.63) is 46.0 Å². The lowest BCUT2D eigenvalue weighted by Crippen LogP contribution is -2.30. The van der Waals surface area contributed by atoms with Crippen molar-refractivity contribution in [1.82, 2.24) is 15.5 Å². The van der Waals surface area contributed by atoms with Gasteiger partial charge in [-0.1, -0.05) is 17.7 Å². The number of aromatic nitrogens is 2. The number of halogens is 2. The third kappa shape index (κ3) is 3.64. The van der Waals surface area contributed by atoms with Gasteiger partial charge in [-0.3, -0.25) is 9.89 Å². The Labute approximate surface area is 133 Å². The number of hydrogen-bond acceptors (Lipinski definition) is 3. The predicted octanol–water partition coefficient (Wildman–Crippen LogP) is 3.11. The first-order valence-corrected chi connectivity index (χ1v) is 7.26. The number of amides is 1. The van der Waals surface area contributed by atoms with E-state index in [4.69, 9.17) is 11.6 Å². The zero-order chi connectivity index (χ0) is 16.3. The average Bonchev–Trinajstić information content (AvgIpc) is 2.77. The van der Waals surface area contributed by atoms with Gasteiger partial charge in [0.15, 0.2) is 0 Å². The summed E-state index contributed by atoms with van der Waals surface area (Å²) in [4.78, 5) is 12.0. The van der Waals surface area contributed by atoms with Gasteiger partial charge in [0.1, 0.15) is 5.82 Å². The van der Waals surface area contributed by atoms with Crippen LogP contribution in [0.1, 0.15) is 29.9 Å². The molecule has 0 radical (unpaired) electrons. The molecule has 0 aliphatic heterocycles. The molecule has 7 heteroatoms. The normalized spacial score (nSPS) is 12.2. The largest absolute Gasteiger partial charge is 0.322 e. The molecule has 1 amide bonds. The van der Waals surface area contributed by atoms with Crippen LogP contribution >= 0.6 is 11.6 Å². The van der Waals surface area contributed by atoms with Crippen LogP contribution in [-0.4, -0.2) is 22.6 Å². The number of rotatable bonds is 5. The van der Waals surface area contributed by atoms with Crippen LogP contribution in [0.5, 0.6) is 0 Å². The molecule has 0 unspecified atom stereocenters. The average molecular weight is 325 g/mol. The van der Waals surface area contributed by atoms with Crippen molar-refractivity contribution in [2.45, 2.75) is 26.8 Å². The number of H-pyrrole nitrogens is 1. The van der Waals surface area contributed by atoms with Crippen LogP contribution in [0.2, 0.25) is 5.02 Å². The molecule has 0 bridgehead atoms. The van der Waals surface area contributed by atoms with Crippen molar-refractivity contribution >= 4 is 23.2 Å². The molecule has 5 nitrogen and oxygen atoms in total. The number of carbonyl (C=O) groups excluding carboxylic acids is 1. The fraction of sp³-hybridized carbons (Fsp3) is 0.333. The summed E-state index contributed by atoms with van der Waals surface area (Å²) < 4.78 is 13.8. The second-order valence-corrected chi connectivity index (χ2v) is 5.50. The molecule has 2 aromatic rings. The Morgan fingerprint density at radius 3 is 2.77 bits per heavy atom. The molecule has 0 fully saturated rings. The summed E-state index contributed by atoms with van der Waals surface area (Å²) in [7, 11) is 0. The van der Waals surface area contributed by atoms with Crippen LogP contribution in [0.25, 0.3) is 0 Å². The zero-order valence-electron chi connectivity index (χ0n) is 12.6. The van der Waals surface area contributed by atoms with Crippen molar-refractivity contribution in [3.63, 3.8) is 0 Å². The van der Waals surface area contributed by atoms with Gasteiger partial charge in [0.25, 0.3) is 0 Å². The van der Waals surface area contributed by atoms with Crippen molar-refractivity contribution in [1.29, 1.82) is 0 Å². The summed E-state index contributed by atoms with van der Waals surface area (Å²) in [5.74, 6) is -0.624. The molecule has 1 heterocycles. The van der Waals surface area contributed by atoms with Gasteiger partial charge < -0.3 is 10.6 Å². The first kappa shape index (κ1) is 16.5. The van der Waals surface area contributed by atoms with Crippen molar-refractivity contribution in [3.8, 4) is 0 Å². The van der Waals surface area contributed by atoms with Gasteiger partial charge in [0, 0.05) is 16.6 Å². The molecule has 0 saturated heterocycles. The number of nitrogens with one attached hydrogen (secondary N) is 3. The van der Waals surface area contributed by atoms with E-state index in [-0.39, 0.29) is 18.5 Å². The van der Waals surface area contributed by atoms with Gasteiger partial charge in [-0.2, -0.15) is 5.10 Å². The molecule has 118 valence electrons. The Bertz CT molecular complexity index is 646. The van der Waals surface area contributed by atoms with Gasteiger partial charge in [0.05, 0.1) is 23.6 Å². The summed E-state index contributed by atoms with van der Waals surface area (Å²) >= 11 is 6.00. The van der Waals surface area contributed by atoms with E-state index >= 15 is 0 Å².